The lowest BCUT2D eigenvalue weighted by molar-refractivity contribution is 0.0834. The van der Waals surface area contributed by atoms with E-state index in [1.165, 1.54) is 12.8 Å². The molecule has 0 amide bonds. The van der Waals surface area contributed by atoms with Gasteiger partial charge in [0.05, 0.1) is 6.10 Å². The van der Waals surface area contributed by atoms with Crippen molar-refractivity contribution in [3.8, 4) is 0 Å². The van der Waals surface area contributed by atoms with Crippen LogP contribution in [0.15, 0.2) is 0 Å². The molecule has 2 aliphatic rings. The van der Waals surface area contributed by atoms with Crippen LogP contribution >= 0.6 is 0 Å². The maximum atomic E-state index is 9.35. The van der Waals surface area contributed by atoms with E-state index in [4.69, 9.17) is 0 Å². The summed E-state index contributed by atoms with van der Waals surface area (Å²) in [4.78, 5) is 15.6. The fourth-order valence-electron chi connectivity index (χ4n) is 2.61. The summed E-state index contributed by atoms with van der Waals surface area (Å²) in [6.07, 6.45) is 3.74. The van der Waals surface area contributed by atoms with Gasteiger partial charge in [-0.2, -0.15) is 15.0 Å². The van der Waals surface area contributed by atoms with Gasteiger partial charge in [-0.25, -0.2) is 0 Å². The molecule has 1 aromatic heterocycles. The van der Waals surface area contributed by atoms with Gasteiger partial charge < -0.3 is 20.6 Å². The van der Waals surface area contributed by atoms with Gasteiger partial charge in [-0.3, -0.25) is 0 Å². The number of aliphatic hydroxyl groups excluding tert-OH is 1. The molecule has 0 bridgehead atoms. The molecule has 0 radical (unpaired) electrons. The van der Waals surface area contributed by atoms with E-state index in [0.717, 1.165) is 38.4 Å². The van der Waals surface area contributed by atoms with Crippen LogP contribution in [-0.2, 0) is 0 Å². The van der Waals surface area contributed by atoms with Crippen LogP contribution in [0.2, 0.25) is 0 Å². The van der Waals surface area contributed by atoms with Crippen molar-refractivity contribution in [1.29, 1.82) is 0 Å². The Morgan fingerprint density at radius 2 is 1.85 bits per heavy atom. The van der Waals surface area contributed by atoms with Crippen molar-refractivity contribution in [3.63, 3.8) is 0 Å². The highest BCUT2D eigenvalue weighted by Crippen LogP contribution is 2.24. The topological polar surface area (TPSA) is 86.2 Å². The van der Waals surface area contributed by atoms with Gasteiger partial charge in [0.15, 0.2) is 0 Å². The molecule has 0 spiro atoms. The second kappa shape index (κ2) is 5.78. The van der Waals surface area contributed by atoms with Gasteiger partial charge in [-0.15, -0.1) is 0 Å². The molecule has 1 aliphatic carbocycles. The number of hydrogen-bond donors (Lipinski definition) is 3. The van der Waals surface area contributed by atoms with Crippen LogP contribution in [0.25, 0.3) is 0 Å². The van der Waals surface area contributed by atoms with Crippen LogP contribution in [-0.4, -0.2) is 51.8 Å². The minimum Gasteiger partial charge on any atom is -0.393 e. The molecule has 3 N–H and O–H groups in total. The van der Waals surface area contributed by atoms with Gasteiger partial charge in [0.25, 0.3) is 0 Å². The van der Waals surface area contributed by atoms with Gasteiger partial charge >= 0.3 is 0 Å². The SMILES string of the molecule is CCNc1nc(NC2CC(O)C2)nc(N2CCCC2)n1. The van der Waals surface area contributed by atoms with Crippen molar-refractivity contribution in [2.75, 3.05) is 35.2 Å². The molecule has 2 heterocycles. The van der Waals surface area contributed by atoms with E-state index in [9.17, 15) is 5.11 Å². The number of anilines is 3. The highest BCUT2D eigenvalue weighted by molar-refractivity contribution is 5.44. The van der Waals surface area contributed by atoms with E-state index in [-0.39, 0.29) is 12.1 Å². The molecule has 110 valence electrons. The molecule has 1 aromatic rings. The maximum Gasteiger partial charge on any atom is 0.231 e. The Labute approximate surface area is 118 Å². The van der Waals surface area contributed by atoms with Crippen LogP contribution in [0.1, 0.15) is 32.6 Å². The summed E-state index contributed by atoms with van der Waals surface area (Å²) in [5.41, 5.74) is 0. The Kier molecular flexibility index (Phi) is 3.86. The Morgan fingerprint density at radius 1 is 1.15 bits per heavy atom. The second-order valence-electron chi connectivity index (χ2n) is 5.47. The molecular formula is C13H22N6O. The summed E-state index contributed by atoms with van der Waals surface area (Å²) >= 11 is 0. The summed E-state index contributed by atoms with van der Waals surface area (Å²) in [6.45, 7) is 4.83. The van der Waals surface area contributed by atoms with Crippen LogP contribution in [0.5, 0.6) is 0 Å². The van der Waals surface area contributed by atoms with Crippen LogP contribution in [0, 0.1) is 0 Å². The van der Waals surface area contributed by atoms with E-state index in [1.807, 2.05) is 6.92 Å². The van der Waals surface area contributed by atoms with Gasteiger partial charge in [0.1, 0.15) is 0 Å². The summed E-state index contributed by atoms with van der Waals surface area (Å²) in [6, 6.07) is 0.272. The summed E-state index contributed by atoms with van der Waals surface area (Å²) in [7, 11) is 0. The normalized spacial score (nSPS) is 25.4. The van der Waals surface area contributed by atoms with Crippen molar-refractivity contribution in [1.82, 2.24) is 15.0 Å². The lowest BCUT2D eigenvalue weighted by atomic mass is 9.90. The molecule has 20 heavy (non-hydrogen) atoms. The second-order valence-corrected chi connectivity index (χ2v) is 5.47. The molecule has 1 saturated heterocycles. The van der Waals surface area contributed by atoms with E-state index in [1.54, 1.807) is 0 Å². The third kappa shape index (κ3) is 2.92. The summed E-state index contributed by atoms with van der Waals surface area (Å²) in [5, 5.41) is 15.8. The first kappa shape index (κ1) is 13.4. The minimum absolute atomic E-state index is 0.180. The van der Waals surface area contributed by atoms with Crippen molar-refractivity contribution in [3.05, 3.63) is 0 Å². The Bertz CT molecular complexity index is 456. The molecule has 0 atom stereocenters. The fraction of sp³-hybridized carbons (Fsp3) is 0.769. The number of nitrogens with one attached hydrogen (secondary N) is 2. The highest BCUT2D eigenvalue weighted by atomic mass is 16.3. The molecule has 7 heteroatoms. The summed E-state index contributed by atoms with van der Waals surface area (Å²) in [5.74, 6) is 1.97. The predicted molar refractivity (Wildman–Crippen MR) is 78.1 cm³/mol. The number of rotatable bonds is 5. The molecule has 2 fully saturated rings. The molecule has 7 nitrogen and oxygen atoms in total. The summed E-state index contributed by atoms with van der Waals surface area (Å²) < 4.78 is 0. The fourth-order valence-corrected chi connectivity index (χ4v) is 2.61. The number of nitrogens with zero attached hydrogens (tertiary/aromatic N) is 4. The van der Waals surface area contributed by atoms with Crippen molar-refractivity contribution in [2.45, 2.75) is 44.8 Å². The standard InChI is InChI=1S/C13H22N6O/c1-2-14-11-16-12(15-9-7-10(20)8-9)18-13(17-11)19-5-3-4-6-19/h9-10,20H,2-8H2,1H3,(H2,14,15,16,17,18). The zero-order valence-electron chi connectivity index (χ0n) is 11.8. The largest absolute Gasteiger partial charge is 0.393 e. The van der Waals surface area contributed by atoms with Gasteiger partial charge in [-0.1, -0.05) is 0 Å². The first-order valence-electron chi connectivity index (χ1n) is 7.44. The lowest BCUT2D eigenvalue weighted by Gasteiger charge is -2.32. The van der Waals surface area contributed by atoms with Crippen LogP contribution < -0.4 is 15.5 Å². The van der Waals surface area contributed by atoms with Gasteiger partial charge in [0, 0.05) is 25.7 Å². The first-order chi connectivity index (χ1) is 9.74. The van der Waals surface area contributed by atoms with Crippen molar-refractivity contribution >= 4 is 17.8 Å². The van der Waals surface area contributed by atoms with Crippen LogP contribution in [0.4, 0.5) is 17.8 Å². The van der Waals surface area contributed by atoms with E-state index < -0.39 is 0 Å². The lowest BCUT2D eigenvalue weighted by Crippen LogP contribution is -2.39. The molecule has 1 aliphatic heterocycles. The molecule has 1 saturated carbocycles. The quantitative estimate of drug-likeness (QED) is 0.735. The smallest absolute Gasteiger partial charge is 0.231 e. The van der Waals surface area contributed by atoms with E-state index in [2.05, 4.69) is 30.5 Å². The zero-order valence-corrected chi connectivity index (χ0v) is 11.8. The molecule has 0 aromatic carbocycles. The van der Waals surface area contributed by atoms with Crippen LogP contribution in [0.3, 0.4) is 0 Å². The predicted octanol–water partition coefficient (Wildman–Crippen LogP) is 0.839. The first-order valence-corrected chi connectivity index (χ1v) is 7.44. The van der Waals surface area contributed by atoms with E-state index in [0.29, 0.717) is 11.9 Å². The average Bonchev–Trinajstić information content (AvgIpc) is 2.91. The average molecular weight is 278 g/mol. The zero-order chi connectivity index (χ0) is 13.9. The Morgan fingerprint density at radius 3 is 2.50 bits per heavy atom. The third-order valence-electron chi connectivity index (χ3n) is 3.79. The van der Waals surface area contributed by atoms with Crippen molar-refractivity contribution in [2.24, 2.45) is 0 Å². The highest BCUT2D eigenvalue weighted by Gasteiger charge is 2.28. The number of hydrogen-bond acceptors (Lipinski definition) is 7. The van der Waals surface area contributed by atoms with E-state index >= 15 is 0 Å². The number of aliphatic hydroxyl groups is 1. The van der Waals surface area contributed by atoms with Crippen molar-refractivity contribution < 1.29 is 5.11 Å². The monoisotopic (exact) mass is 278 g/mol. The Hall–Kier alpha value is -1.63. The molecule has 0 unspecified atom stereocenters. The third-order valence-corrected chi connectivity index (χ3v) is 3.79. The number of aromatic nitrogens is 3. The van der Waals surface area contributed by atoms with Gasteiger partial charge in [-0.05, 0) is 32.6 Å². The Balaban J connectivity index is 1.76. The molecule has 3 rings (SSSR count). The molecular weight excluding hydrogens is 256 g/mol. The maximum absolute atomic E-state index is 9.35. The minimum atomic E-state index is -0.180. The van der Waals surface area contributed by atoms with Gasteiger partial charge in [0.2, 0.25) is 17.8 Å².